The Labute approximate surface area is 88.0 Å². The van der Waals surface area contributed by atoms with Crippen molar-refractivity contribution >= 4 is 17.4 Å². The van der Waals surface area contributed by atoms with Crippen molar-refractivity contribution < 1.29 is 9.47 Å². The Morgan fingerprint density at radius 1 is 1.50 bits per heavy atom. The van der Waals surface area contributed by atoms with E-state index in [0.717, 1.165) is 17.1 Å². The van der Waals surface area contributed by atoms with Gasteiger partial charge in [-0.15, -0.1) is 0 Å². The normalized spacial score (nSPS) is 19.3. The SMILES string of the molecule is COc1ccc2c(c1)C(C)NC(=S)O2. The van der Waals surface area contributed by atoms with Crippen LogP contribution in [0, 0.1) is 0 Å². The van der Waals surface area contributed by atoms with Gasteiger partial charge in [-0.05, 0) is 37.3 Å². The Morgan fingerprint density at radius 2 is 2.29 bits per heavy atom. The van der Waals surface area contributed by atoms with Crippen LogP contribution >= 0.6 is 12.2 Å². The highest BCUT2D eigenvalue weighted by atomic mass is 32.1. The number of methoxy groups -OCH3 is 1. The zero-order valence-electron chi connectivity index (χ0n) is 8.03. The van der Waals surface area contributed by atoms with E-state index in [1.807, 2.05) is 25.1 Å². The van der Waals surface area contributed by atoms with Crippen molar-refractivity contribution in [2.45, 2.75) is 13.0 Å². The van der Waals surface area contributed by atoms with E-state index in [4.69, 9.17) is 21.7 Å². The lowest BCUT2D eigenvalue weighted by atomic mass is 10.1. The Morgan fingerprint density at radius 3 is 3.00 bits per heavy atom. The standard InChI is InChI=1S/C10H11NO2S/c1-6-8-5-7(12-2)3-4-9(8)13-10(14)11-6/h3-6H,1-2H3,(H,11,14). The molecule has 1 atom stereocenters. The molecule has 0 spiro atoms. The maximum absolute atomic E-state index is 5.37. The van der Waals surface area contributed by atoms with Crippen LogP contribution < -0.4 is 14.8 Å². The van der Waals surface area contributed by atoms with Crippen molar-refractivity contribution in [2.24, 2.45) is 0 Å². The number of hydrogen-bond donors (Lipinski definition) is 1. The first kappa shape index (κ1) is 9.27. The van der Waals surface area contributed by atoms with Crippen molar-refractivity contribution in [1.82, 2.24) is 5.32 Å². The average Bonchev–Trinajstić information content (AvgIpc) is 2.17. The number of ether oxygens (including phenoxy) is 2. The molecule has 0 radical (unpaired) electrons. The van der Waals surface area contributed by atoms with Crippen molar-refractivity contribution in [3.63, 3.8) is 0 Å². The molecule has 1 aliphatic heterocycles. The first-order chi connectivity index (χ1) is 6.70. The third-order valence-corrected chi connectivity index (χ3v) is 2.42. The van der Waals surface area contributed by atoms with Gasteiger partial charge in [0.2, 0.25) is 0 Å². The predicted octanol–water partition coefficient (Wildman–Crippen LogP) is 2.02. The van der Waals surface area contributed by atoms with Gasteiger partial charge in [-0.2, -0.15) is 0 Å². The molecule has 1 unspecified atom stereocenters. The lowest BCUT2D eigenvalue weighted by Crippen LogP contribution is -2.34. The first-order valence-electron chi connectivity index (χ1n) is 4.37. The van der Waals surface area contributed by atoms with Gasteiger partial charge in [0.15, 0.2) is 0 Å². The molecule has 4 heteroatoms. The second-order valence-electron chi connectivity index (χ2n) is 3.16. The van der Waals surface area contributed by atoms with Crippen molar-refractivity contribution in [2.75, 3.05) is 7.11 Å². The minimum Gasteiger partial charge on any atom is -0.497 e. The first-order valence-corrected chi connectivity index (χ1v) is 4.78. The summed E-state index contributed by atoms with van der Waals surface area (Å²) in [4.78, 5) is 0. The molecule has 1 heterocycles. The van der Waals surface area contributed by atoms with E-state index in [9.17, 15) is 0 Å². The van der Waals surface area contributed by atoms with Crippen LogP contribution in [-0.2, 0) is 0 Å². The van der Waals surface area contributed by atoms with Crippen LogP contribution in [-0.4, -0.2) is 12.3 Å². The topological polar surface area (TPSA) is 30.5 Å². The fraction of sp³-hybridized carbons (Fsp3) is 0.300. The van der Waals surface area contributed by atoms with E-state index in [-0.39, 0.29) is 6.04 Å². The minimum atomic E-state index is 0.168. The van der Waals surface area contributed by atoms with Crippen molar-refractivity contribution in [3.05, 3.63) is 23.8 Å². The van der Waals surface area contributed by atoms with E-state index in [1.54, 1.807) is 7.11 Å². The third kappa shape index (κ3) is 1.53. The largest absolute Gasteiger partial charge is 0.497 e. The number of benzene rings is 1. The molecule has 14 heavy (non-hydrogen) atoms. The molecule has 1 aromatic carbocycles. The van der Waals surface area contributed by atoms with Gasteiger partial charge in [-0.3, -0.25) is 0 Å². The molecular weight excluding hydrogens is 198 g/mol. The van der Waals surface area contributed by atoms with Crippen LogP contribution in [0.1, 0.15) is 18.5 Å². The molecule has 0 amide bonds. The van der Waals surface area contributed by atoms with E-state index in [0.29, 0.717) is 5.17 Å². The van der Waals surface area contributed by atoms with Crippen LogP contribution in [0.4, 0.5) is 0 Å². The zero-order chi connectivity index (χ0) is 10.1. The second kappa shape index (κ2) is 3.46. The van der Waals surface area contributed by atoms with Gasteiger partial charge in [0.25, 0.3) is 5.17 Å². The van der Waals surface area contributed by atoms with Crippen molar-refractivity contribution in [1.29, 1.82) is 0 Å². The summed E-state index contributed by atoms with van der Waals surface area (Å²) in [6, 6.07) is 5.85. The van der Waals surface area contributed by atoms with Crippen LogP contribution in [0.2, 0.25) is 0 Å². The third-order valence-electron chi connectivity index (χ3n) is 2.22. The van der Waals surface area contributed by atoms with E-state index in [2.05, 4.69) is 5.32 Å². The summed E-state index contributed by atoms with van der Waals surface area (Å²) in [7, 11) is 1.65. The van der Waals surface area contributed by atoms with Gasteiger partial charge in [0.05, 0.1) is 13.2 Å². The van der Waals surface area contributed by atoms with Gasteiger partial charge >= 0.3 is 0 Å². The Bertz CT molecular complexity index is 378. The second-order valence-corrected chi connectivity index (χ2v) is 3.53. The summed E-state index contributed by atoms with van der Waals surface area (Å²) in [5.74, 6) is 1.64. The summed E-state index contributed by atoms with van der Waals surface area (Å²) >= 11 is 4.96. The highest BCUT2D eigenvalue weighted by Crippen LogP contribution is 2.32. The molecule has 0 aromatic heterocycles. The van der Waals surface area contributed by atoms with Gasteiger partial charge in [0, 0.05) is 5.56 Å². The highest BCUT2D eigenvalue weighted by Gasteiger charge is 2.20. The Kier molecular flexibility index (Phi) is 2.29. The Balaban J connectivity index is 2.44. The fourth-order valence-electron chi connectivity index (χ4n) is 1.47. The summed E-state index contributed by atoms with van der Waals surface area (Å²) in [6.45, 7) is 2.03. The minimum absolute atomic E-state index is 0.168. The monoisotopic (exact) mass is 209 g/mol. The molecule has 3 nitrogen and oxygen atoms in total. The smallest absolute Gasteiger partial charge is 0.262 e. The molecule has 1 aromatic rings. The average molecular weight is 209 g/mol. The van der Waals surface area contributed by atoms with Gasteiger partial charge in [-0.25, -0.2) is 0 Å². The van der Waals surface area contributed by atoms with E-state index >= 15 is 0 Å². The fourth-order valence-corrected chi connectivity index (χ4v) is 1.74. The maximum Gasteiger partial charge on any atom is 0.262 e. The Hall–Kier alpha value is -1.29. The van der Waals surface area contributed by atoms with Crippen molar-refractivity contribution in [3.8, 4) is 11.5 Å². The van der Waals surface area contributed by atoms with E-state index in [1.165, 1.54) is 0 Å². The highest BCUT2D eigenvalue weighted by molar-refractivity contribution is 7.80. The molecule has 74 valence electrons. The maximum atomic E-state index is 5.37. The lowest BCUT2D eigenvalue weighted by Gasteiger charge is -2.25. The number of fused-ring (bicyclic) bond motifs is 1. The molecule has 0 aliphatic carbocycles. The number of thiocarbonyl (C=S) groups is 1. The van der Waals surface area contributed by atoms with Crippen LogP contribution in [0.3, 0.4) is 0 Å². The van der Waals surface area contributed by atoms with Gasteiger partial charge < -0.3 is 14.8 Å². The zero-order valence-corrected chi connectivity index (χ0v) is 8.85. The van der Waals surface area contributed by atoms with Gasteiger partial charge in [-0.1, -0.05) is 0 Å². The van der Waals surface area contributed by atoms with E-state index < -0.39 is 0 Å². The molecule has 0 saturated heterocycles. The summed E-state index contributed by atoms with van der Waals surface area (Å²) in [5.41, 5.74) is 1.07. The quantitative estimate of drug-likeness (QED) is 0.717. The van der Waals surface area contributed by atoms with Crippen LogP contribution in [0.25, 0.3) is 0 Å². The van der Waals surface area contributed by atoms with Gasteiger partial charge in [0.1, 0.15) is 11.5 Å². The molecule has 2 rings (SSSR count). The molecule has 0 fully saturated rings. The number of rotatable bonds is 1. The molecule has 1 aliphatic rings. The molecule has 0 saturated carbocycles. The molecule has 0 bridgehead atoms. The molecule has 1 N–H and O–H groups in total. The molecular formula is C10H11NO2S. The number of nitrogens with one attached hydrogen (secondary N) is 1. The summed E-state index contributed by atoms with van der Waals surface area (Å²) in [6.07, 6.45) is 0. The van der Waals surface area contributed by atoms with Crippen LogP contribution in [0.15, 0.2) is 18.2 Å². The lowest BCUT2D eigenvalue weighted by molar-refractivity contribution is 0.408. The summed E-state index contributed by atoms with van der Waals surface area (Å²) < 4.78 is 10.5. The predicted molar refractivity (Wildman–Crippen MR) is 57.8 cm³/mol. The number of hydrogen-bond acceptors (Lipinski definition) is 3. The van der Waals surface area contributed by atoms with Crippen LogP contribution in [0.5, 0.6) is 11.5 Å². The summed E-state index contributed by atoms with van der Waals surface area (Å²) in [5, 5.41) is 3.47.